The second-order valence-electron chi connectivity index (χ2n) is 7.99. The molecule has 2 N–H and O–H groups in total. The van der Waals surface area contributed by atoms with Gasteiger partial charge in [-0.3, -0.25) is 9.59 Å². The second-order valence-corrected chi connectivity index (χ2v) is 8.43. The van der Waals surface area contributed by atoms with Crippen molar-refractivity contribution < 1.29 is 4.79 Å². The van der Waals surface area contributed by atoms with E-state index in [1.165, 1.54) is 0 Å². The Bertz CT molecular complexity index is 1570. The molecule has 168 valence electrons. The molecule has 0 spiro atoms. The molecule has 3 aromatic heterocycles. The van der Waals surface area contributed by atoms with Crippen LogP contribution in [0.15, 0.2) is 90.1 Å². The van der Waals surface area contributed by atoms with Crippen LogP contribution in [0.4, 0.5) is 0 Å². The molecule has 0 atom stereocenters. The zero-order valence-corrected chi connectivity index (χ0v) is 19.1. The summed E-state index contributed by atoms with van der Waals surface area (Å²) in [6, 6.07) is 20.5. The van der Waals surface area contributed by atoms with Crippen molar-refractivity contribution >= 4 is 28.5 Å². The van der Waals surface area contributed by atoms with Crippen LogP contribution >= 0.6 is 11.6 Å². The number of nitrogens with zero attached hydrogens (tertiary/aromatic N) is 2. The monoisotopic (exact) mass is 468 g/mol. The molecule has 0 saturated heterocycles. The lowest BCUT2D eigenvalue weighted by molar-refractivity contribution is 0.0963. The lowest BCUT2D eigenvalue weighted by Crippen LogP contribution is -2.19. The van der Waals surface area contributed by atoms with E-state index in [9.17, 15) is 9.59 Å². The molecule has 34 heavy (non-hydrogen) atoms. The maximum atomic E-state index is 12.8. The van der Waals surface area contributed by atoms with Gasteiger partial charge in [0.2, 0.25) is 0 Å². The van der Waals surface area contributed by atoms with Crippen LogP contribution in [0.2, 0.25) is 5.02 Å². The summed E-state index contributed by atoms with van der Waals surface area (Å²) in [6.07, 6.45) is 5.46. The van der Waals surface area contributed by atoms with Gasteiger partial charge in [-0.05, 0) is 53.1 Å². The molecule has 1 amide bonds. The SMILES string of the molecule is CNC(=O)c1ccc(-c2cnc3[nH]cc(-c4ccn(Cc5cccc(Cl)c5)c(=O)c4)c3c2)cc1. The fourth-order valence-electron chi connectivity index (χ4n) is 4.00. The number of aromatic nitrogens is 3. The largest absolute Gasteiger partial charge is 0.355 e. The molecule has 5 rings (SSSR count). The van der Waals surface area contributed by atoms with E-state index < -0.39 is 0 Å². The molecule has 0 fully saturated rings. The van der Waals surface area contributed by atoms with Crippen LogP contribution in [0.1, 0.15) is 15.9 Å². The molecule has 0 unspecified atom stereocenters. The Kier molecular flexibility index (Phi) is 5.74. The van der Waals surface area contributed by atoms with Crippen LogP contribution in [-0.4, -0.2) is 27.5 Å². The van der Waals surface area contributed by atoms with Gasteiger partial charge in [0.1, 0.15) is 5.65 Å². The topological polar surface area (TPSA) is 79.8 Å². The zero-order valence-electron chi connectivity index (χ0n) is 18.4. The molecule has 0 radical (unpaired) electrons. The first-order valence-electron chi connectivity index (χ1n) is 10.8. The lowest BCUT2D eigenvalue weighted by Gasteiger charge is -2.08. The molecule has 0 aliphatic rings. The van der Waals surface area contributed by atoms with Gasteiger partial charge in [-0.15, -0.1) is 0 Å². The van der Waals surface area contributed by atoms with E-state index in [0.29, 0.717) is 17.1 Å². The first-order chi connectivity index (χ1) is 16.5. The Hall–Kier alpha value is -4.16. The number of nitrogens with one attached hydrogen (secondary N) is 2. The number of carbonyl (C=O) groups excluding carboxylic acids is 1. The number of carbonyl (C=O) groups is 1. The van der Waals surface area contributed by atoms with Crippen LogP contribution in [-0.2, 0) is 6.54 Å². The zero-order chi connectivity index (χ0) is 23.7. The standard InChI is InChI=1S/C27H21ClN4O2/c1-29-27(34)19-7-5-18(6-8-19)21-12-23-24(15-31-26(23)30-14-21)20-9-10-32(25(33)13-20)16-17-3-2-4-22(28)11-17/h2-15H,16H2,1H3,(H,29,34)(H,30,31). The highest BCUT2D eigenvalue weighted by atomic mass is 35.5. The van der Waals surface area contributed by atoms with E-state index in [0.717, 1.165) is 38.9 Å². The minimum atomic E-state index is -0.127. The number of amides is 1. The Morgan fingerprint density at radius 1 is 1.03 bits per heavy atom. The first kappa shape index (κ1) is 21.7. The third kappa shape index (κ3) is 4.23. The number of halogens is 1. The third-order valence-electron chi connectivity index (χ3n) is 5.79. The van der Waals surface area contributed by atoms with Crippen LogP contribution in [0.5, 0.6) is 0 Å². The summed E-state index contributed by atoms with van der Waals surface area (Å²) >= 11 is 6.07. The maximum Gasteiger partial charge on any atom is 0.251 e. The van der Waals surface area contributed by atoms with Crippen molar-refractivity contribution in [3.05, 3.63) is 112 Å². The molecule has 5 aromatic rings. The third-order valence-corrected chi connectivity index (χ3v) is 6.02. The lowest BCUT2D eigenvalue weighted by atomic mass is 10.0. The van der Waals surface area contributed by atoms with Crippen molar-refractivity contribution in [1.82, 2.24) is 19.9 Å². The van der Waals surface area contributed by atoms with E-state index in [-0.39, 0.29) is 11.5 Å². The molecule has 0 bridgehead atoms. The summed E-state index contributed by atoms with van der Waals surface area (Å²) in [5.41, 5.74) is 5.79. The molecule has 0 aliphatic heterocycles. The molecular weight excluding hydrogens is 448 g/mol. The Morgan fingerprint density at radius 2 is 1.85 bits per heavy atom. The predicted molar refractivity (Wildman–Crippen MR) is 135 cm³/mol. The molecule has 0 saturated carbocycles. The van der Waals surface area contributed by atoms with Gasteiger partial charge in [-0.1, -0.05) is 35.9 Å². The average molecular weight is 469 g/mol. The van der Waals surface area contributed by atoms with Gasteiger partial charge in [0.25, 0.3) is 11.5 Å². The minimum absolute atomic E-state index is 0.0965. The number of hydrogen-bond donors (Lipinski definition) is 2. The highest BCUT2D eigenvalue weighted by Gasteiger charge is 2.11. The molecule has 7 heteroatoms. The Morgan fingerprint density at radius 3 is 2.59 bits per heavy atom. The average Bonchev–Trinajstić information content (AvgIpc) is 3.28. The van der Waals surface area contributed by atoms with Gasteiger partial charge in [0.05, 0.1) is 6.54 Å². The van der Waals surface area contributed by atoms with Crippen molar-refractivity contribution in [3.63, 3.8) is 0 Å². The second kappa shape index (κ2) is 9.00. The summed E-state index contributed by atoms with van der Waals surface area (Å²) < 4.78 is 1.65. The highest BCUT2D eigenvalue weighted by molar-refractivity contribution is 6.30. The number of fused-ring (bicyclic) bond motifs is 1. The van der Waals surface area contributed by atoms with Crippen molar-refractivity contribution in [2.45, 2.75) is 6.54 Å². The van der Waals surface area contributed by atoms with Crippen LogP contribution in [0.3, 0.4) is 0 Å². The smallest absolute Gasteiger partial charge is 0.251 e. The molecular formula is C27H21ClN4O2. The number of hydrogen-bond acceptors (Lipinski definition) is 3. The molecule has 2 aromatic carbocycles. The van der Waals surface area contributed by atoms with E-state index in [2.05, 4.69) is 15.3 Å². The van der Waals surface area contributed by atoms with Gasteiger partial charge in [-0.25, -0.2) is 4.98 Å². The summed E-state index contributed by atoms with van der Waals surface area (Å²) in [5, 5.41) is 4.19. The van der Waals surface area contributed by atoms with Crippen molar-refractivity contribution in [2.24, 2.45) is 0 Å². The van der Waals surface area contributed by atoms with Crippen molar-refractivity contribution in [3.8, 4) is 22.3 Å². The fraction of sp³-hybridized carbons (Fsp3) is 0.0741. The first-order valence-corrected chi connectivity index (χ1v) is 11.1. The summed E-state index contributed by atoms with van der Waals surface area (Å²) in [5.74, 6) is -0.127. The van der Waals surface area contributed by atoms with Gasteiger partial charge >= 0.3 is 0 Å². The van der Waals surface area contributed by atoms with Crippen LogP contribution < -0.4 is 10.9 Å². The van der Waals surface area contributed by atoms with Gasteiger partial charge in [-0.2, -0.15) is 0 Å². The fourth-order valence-corrected chi connectivity index (χ4v) is 4.21. The minimum Gasteiger partial charge on any atom is -0.355 e. The van der Waals surface area contributed by atoms with E-state index in [1.807, 2.05) is 54.7 Å². The van der Waals surface area contributed by atoms with Crippen molar-refractivity contribution in [2.75, 3.05) is 7.05 Å². The molecule has 0 aliphatic carbocycles. The Balaban J connectivity index is 1.48. The van der Waals surface area contributed by atoms with Crippen molar-refractivity contribution in [1.29, 1.82) is 0 Å². The number of aromatic amines is 1. The number of benzene rings is 2. The van der Waals surface area contributed by atoms with Gasteiger partial charge < -0.3 is 14.9 Å². The summed E-state index contributed by atoms with van der Waals surface area (Å²) in [7, 11) is 1.61. The van der Waals surface area contributed by atoms with E-state index >= 15 is 0 Å². The summed E-state index contributed by atoms with van der Waals surface area (Å²) in [4.78, 5) is 32.4. The summed E-state index contributed by atoms with van der Waals surface area (Å²) in [6.45, 7) is 0.450. The number of rotatable bonds is 5. The van der Waals surface area contributed by atoms with Crippen LogP contribution in [0, 0.1) is 0 Å². The number of pyridine rings is 2. The Labute approximate surface area is 200 Å². The quantitative estimate of drug-likeness (QED) is 0.375. The van der Waals surface area contributed by atoms with Gasteiger partial charge in [0.15, 0.2) is 0 Å². The van der Waals surface area contributed by atoms with Gasteiger partial charge in [0, 0.05) is 58.8 Å². The molecule has 6 nitrogen and oxygen atoms in total. The maximum absolute atomic E-state index is 12.8. The number of H-pyrrole nitrogens is 1. The van der Waals surface area contributed by atoms with Crippen LogP contribution in [0.25, 0.3) is 33.3 Å². The predicted octanol–water partition coefficient (Wildman–Crippen LogP) is 5.12. The molecule has 3 heterocycles. The van der Waals surface area contributed by atoms with E-state index in [4.69, 9.17) is 11.6 Å². The highest BCUT2D eigenvalue weighted by Crippen LogP contribution is 2.30. The normalized spacial score (nSPS) is 11.0. The van der Waals surface area contributed by atoms with E-state index in [1.54, 1.807) is 42.2 Å².